The van der Waals surface area contributed by atoms with Gasteiger partial charge in [-0.15, -0.1) is 16.4 Å². The molecule has 0 saturated carbocycles. The average Bonchev–Trinajstić information content (AvgIpc) is 3.04. The first kappa shape index (κ1) is 14.4. The van der Waals surface area contributed by atoms with Gasteiger partial charge in [0.25, 0.3) is 10.0 Å². The highest BCUT2D eigenvalue weighted by Gasteiger charge is 2.31. The number of thiophene rings is 1. The van der Waals surface area contributed by atoms with Crippen LogP contribution < -0.4 is 4.74 Å². The van der Waals surface area contributed by atoms with E-state index >= 15 is 0 Å². The van der Waals surface area contributed by atoms with Gasteiger partial charge in [-0.1, -0.05) is 6.07 Å². The van der Waals surface area contributed by atoms with Gasteiger partial charge in [-0.05, 0) is 30.4 Å². The standard InChI is InChI=1S/C13H15N3O3S2/c17-21(18,13-6-3-9-20-13)16-8-2-4-11(10-16)19-12-5-1-7-14-15-12/h1,3,5-7,9,11H,2,4,8,10H2. The second kappa shape index (κ2) is 6.08. The molecule has 2 aromatic rings. The van der Waals surface area contributed by atoms with Crippen molar-refractivity contribution in [1.82, 2.24) is 14.5 Å². The molecule has 1 saturated heterocycles. The second-order valence-electron chi connectivity index (χ2n) is 4.74. The summed E-state index contributed by atoms with van der Waals surface area (Å²) in [5.41, 5.74) is 0. The van der Waals surface area contributed by atoms with E-state index in [1.807, 2.05) is 0 Å². The fourth-order valence-corrected chi connectivity index (χ4v) is 4.93. The Morgan fingerprint density at radius 3 is 2.95 bits per heavy atom. The Labute approximate surface area is 127 Å². The van der Waals surface area contributed by atoms with Gasteiger partial charge < -0.3 is 4.74 Å². The third kappa shape index (κ3) is 3.22. The van der Waals surface area contributed by atoms with Crippen LogP contribution in [0.1, 0.15) is 12.8 Å². The van der Waals surface area contributed by atoms with Crippen molar-refractivity contribution >= 4 is 21.4 Å². The molecular formula is C13H15N3O3S2. The topological polar surface area (TPSA) is 72.4 Å². The summed E-state index contributed by atoms with van der Waals surface area (Å²) in [4.78, 5) is 0. The number of aromatic nitrogens is 2. The quantitative estimate of drug-likeness (QED) is 0.856. The van der Waals surface area contributed by atoms with E-state index in [9.17, 15) is 8.42 Å². The molecule has 3 rings (SSSR count). The molecule has 1 aliphatic rings. The maximum absolute atomic E-state index is 12.5. The molecule has 0 bridgehead atoms. The van der Waals surface area contributed by atoms with E-state index in [4.69, 9.17) is 4.74 Å². The van der Waals surface area contributed by atoms with Crippen molar-refractivity contribution in [2.75, 3.05) is 13.1 Å². The van der Waals surface area contributed by atoms with Crippen molar-refractivity contribution in [3.63, 3.8) is 0 Å². The van der Waals surface area contributed by atoms with Crippen molar-refractivity contribution in [3.05, 3.63) is 35.8 Å². The summed E-state index contributed by atoms with van der Waals surface area (Å²) in [6.07, 6.45) is 2.97. The zero-order valence-electron chi connectivity index (χ0n) is 11.3. The first-order chi connectivity index (χ1) is 10.2. The molecular weight excluding hydrogens is 310 g/mol. The van der Waals surface area contributed by atoms with Gasteiger partial charge in [0.05, 0.1) is 6.54 Å². The lowest BCUT2D eigenvalue weighted by atomic mass is 10.1. The van der Waals surface area contributed by atoms with E-state index in [2.05, 4.69) is 10.2 Å². The maximum Gasteiger partial charge on any atom is 0.252 e. The van der Waals surface area contributed by atoms with Crippen LogP contribution in [-0.2, 0) is 10.0 Å². The normalized spacial score (nSPS) is 20.3. The average molecular weight is 325 g/mol. The Balaban J connectivity index is 1.71. The van der Waals surface area contributed by atoms with Crippen LogP contribution in [0.15, 0.2) is 40.1 Å². The number of hydrogen-bond donors (Lipinski definition) is 0. The summed E-state index contributed by atoms with van der Waals surface area (Å²) in [5, 5.41) is 9.39. The van der Waals surface area contributed by atoms with Gasteiger partial charge >= 0.3 is 0 Å². The number of hydrogen-bond acceptors (Lipinski definition) is 6. The van der Waals surface area contributed by atoms with Crippen molar-refractivity contribution in [1.29, 1.82) is 0 Å². The van der Waals surface area contributed by atoms with Gasteiger partial charge in [0, 0.05) is 18.8 Å². The van der Waals surface area contributed by atoms with E-state index in [1.54, 1.807) is 35.8 Å². The first-order valence-electron chi connectivity index (χ1n) is 6.64. The molecule has 112 valence electrons. The van der Waals surface area contributed by atoms with E-state index in [1.165, 1.54) is 15.6 Å². The van der Waals surface area contributed by atoms with Crippen molar-refractivity contribution in [2.24, 2.45) is 0 Å². The minimum Gasteiger partial charge on any atom is -0.472 e. The van der Waals surface area contributed by atoms with E-state index in [-0.39, 0.29) is 6.10 Å². The summed E-state index contributed by atoms with van der Waals surface area (Å²) in [6, 6.07) is 6.84. The zero-order chi connectivity index (χ0) is 14.7. The minimum absolute atomic E-state index is 0.190. The lowest BCUT2D eigenvalue weighted by molar-refractivity contribution is 0.123. The number of ether oxygens (including phenoxy) is 1. The molecule has 1 atom stereocenters. The van der Waals surface area contributed by atoms with Crippen LogP contribution in [0.2, 0.25) is 0 Å². The fourth-order valence-electron chi connectivity index (χ4n) is 2.28. The summed E-state index contributed by atoms with van der Waals surface area (Å²) in [7, 11) is -3.41. The molecule has 0 aliphatic carbocycles. The monoisotopic (exact) mass is 325 g/mol. The van der Waals surface area contributed by atoms with Gasteiger partial charge in [0.15, 0.2) is 0 Å². The molecule has 1 aliphatic heterocycles. The maximum atomic E-state index is 12.5. The van der Waals surface area contributed by atoms with Crippen LogP contribution in [0.5, 0.6) is 5.88 Å². The van der Waals surface area contributed by atoms with Gasteiger partial charge in [0.2, 0.25) is 5.88 Å². The molecule has 6 nitrogen and oxygen atoms in total. The fraction of sp³-hybridized carbons (Fsp3) is 0.385. The molecule has 0 amide bonds. The third-order valence-corrected chi connectivity index (χ3v) is 6.50. The number of piperidine rings is 1. The van der Waals surface area contributed by atoms with Crippen molar-refractivity contribution in [2.45, 2.75) is 23.2 Å². The molecule has 1 fully saturated rings. The summed E-state index contributed by atoms with van der Waals surface area (Å²) in [6.45, 7) is 0.872. The molecule has 2 aromatic heterocycles. The van der Waals surface area contributed by atoms with Crippen LogP contribution in [0.4, 0.5) is 0 Å². The molecule has 1 unspecified atom stereocenters. The highest BCUT2D eigenvalue weighted by Crippen LogP contribution is 2.25. The molecule has 21 heavy (non-hydrogen) atoms. The Bertz CT molecular complexity index is 674. The molecule has 0 spiro atoms. The largest absolute Gasteiger partial charge is 0.472 e. The number of rotatable bonds is 4. The van der Waals surface area contributed by atoms with Crippen molar-refractivity contribution < 1.29 is 13.2 Å². The molecule has 8 heteroatoms. The SMILES string of the molecule is O=S(=O)(c1cccs1)N1CCCC(Oc2cccnn2)C1. The van der Waals surface area contributed by atoms with Gasteiger partial charge in [-0.3, -0.25) is 0 Å². The van der Waals surface area contributed by atoms with Crippen LogP contribution in [-0.4, -0.2) is 42.1 Å². The predicted molar refractivity (Wildman–Crippen MR) is 78.8 cm³/mol. The lowest BCUT2D eigenvalue weighted by Crippen LogP contribution is -2.44. The first-order valence-corrected chi connectivity index (χ1v) is 8.96. The highest BCUT2D eigenvalue weighted by molar-refractivity contribution is 7.91. The highest BCUT2D eigenvalue weighted by atomic mass is 32.2. The molecule has 3 heterocycles. The van der Waals surface area contributed by atoms with Gasteiger partial charge in [-0.2, -0.15) is 9.40 Å². The third-order valence-electron chi connectivity index (χ3n) is 3.27. The van der Waals surface area contributed by atoms with Crippen molar-refractivity contribution in [3.8, 4) is 5.88 Å². The van der Waals surface area contributed by atoms with Crippen LogP contribution in [0.25, 0.3) is 0 Å². The summed E-state index contributed by atoms with van der Waals surface area (Å²) in [5.74, 6) is 0.429. The van der Waals surface area contributed by atoms with E-state index in [0.717, 1.165) is 12.8 Å². The van der Waals surface area contributed by atoms with E-state index < -0.39 is 10.0 Å². The number of nitrogens with zero attached hydrogens (tertiary/aromatic N) is 3. The molecule has 0 radical (unpaired) electrons. The Hall–Kier alpha value is -1.51. The molecule has 0 aromatic carbocycles. The Morgan fingerprint density at radius 2 is 2.24 bits per heavy atom. The zero-order valence-corrected chi connectivity index (χ0v) is 12.9. The van der Waals surface area contributed by atoms with Crippen LogP contribution >= 0.6 is 11.3 Å². The summed E-state index contributed by atoms with van der Waals surface area (Å²) < 4.78 is 32.6. The predicted octanol–water partition coefficient (Wildman–Crippen LogP) is 1.77. The van der Waals surface area contributed by atoms with E-state index in [0.29, 0.717) is 23.2 Å². The smallest absolute Gasteiger partial charge is 0.252 e. The van der Waals surface area contributed by atoms with Crippen LogP contribution in [0.3, 0.4) is 0 Å². The Morgan fingerprint density at radius 1 is 1.33 bits per heavy atom. The van der Waals surface area contributed by atoms with Gasteiger partial charge in [0.1, 0.15) is 10.3 Å². The summed E-state index contributed by atoms with van der Waals surface area (Å²) >= 11 is 1.24. The molecule has 0 N–H and O–H groups in total. The second-order valence-corrected chi connectivity index (χ2v) is 7.85. The lowest BCUT2D eigenvalue weighted by Gasteiger charge is -2.31. The number of sulfonamides is 1. The van der Waals surface area contributed by atoms with Crippen LogP contribution in [0, 0.1) is 0 Å². The Kier molecular flexibility index (Phi) is 4.18. The minimum atomic E-state index is -3.41. The van der Waals surface area contributed by atoms with Gasteiger partial charge in [-0.25, -0.2) is 8.42 Å².